The minimum absolute atomic E-state index is 0.0250. The Kier molecular flexibility index (Phi) is 8.88. The minimum Gasteiger partial charge on any atom is -0.352 e. The molecule has 0 aromatic rings. The van der Waals surface area contributed by atoms with Gasteiger partial charge in [-0.1, -0.05) is 6.92 Å². The molecule has 0 aliphatic carbocycles. The fourth-order valence-corrected chi connectivity index (χ4v) is 2.71. The van der Waals surface area contributed by atoms with E-state index in [1.807, 2.05) is 6.92 Å². The van der Waals surface area contributed by atoms with Crippen LogP contribution in [0.1, 0.15) is 46.5 Å². The smallest absolute Gasteiger partial charge is 0.237 e. The number of rotatable bonds is 8. The highest BCUT2D eigenvalue weighted by molar-refractivity contribution is 5.81. The number of hydrogen-bond donors (Lipinski definition) is 2. The first kappa shape index (κ1) is 18.4. The standard InChI is InChI=1S/C16H34N4O/c1-4-14(2)18-16(21)15(3)20-11-7-10-19(12-13-20)9-6-5-8-17/h14-15H,4-13,17H2,1-3H3,(H,18,21). The van der Waals surface area contributed by atoms with Crippen molar-refractivity contribution in [2.75, 3.05) is 39.3 Å². The van der Waals surface area contributed by atoms with Crippen molar-refractivity contribution >= 4 is 5.91 Å². The van der Waals surface area contributed by atoms with Crippen molar-refractivity contribution in [2.45, 2.75) is 58.5 Å². The van der Waals surface area contributed by atoms with Crippen molar-refractivity contribution in [2.24, 2.45) is 5.73 Å². The van der Waals surface area contributed by atoms with Crippen LogP contribution in [-0.4, -0.2) is 67.1 Å². The molecule has 124 valence electrons. The summed E-state index contributed by atoms with van der Waals surface area (Å²) in [6.45, 7) is 12.3. The molecule has 1 saturated heterocycles. The molecule has 0 spiro atoms. The van der Waals surface area contributed by atoms with Crippen LogP contribution >= 0.6 is 0 Å². The van der Waals surface area contributed by atoms with Crippen LogP contribution in [0.2, 0.25) is 0 Å². The molecule has 2 atom stereocenters. The number of nitrogens with two attached hydrogens (primary N) is 1. The normalized spacial score (nSPS) is 20.8. The van der Waals surface area contributed by atoms with Gasteiger partial charge >= 0.3 is 0 Å². The monoisotopic (exact) mass is 298 g/mol. The first-order valence-corrected chi connectivity index (χ1v) is 8.55. The molecule has 1 amide bonds. The van der Waals surface area contributed by atoms with E-state index in [-0.39, 0.29) is 18.0 Å². The van der Waals surface area contributed by atoms with Crippen molar-refractivity contribution in [3.05, 3.63) is 0 Å². The average molecular weight is 298 g/mol. The van der Waals surface area contributed by atoms with Gasteiger partial charge in [-0.15, -0.1) is 0 Å². The molecular formula is C16H34N4O. The van der Waals surface area contributed by atoms with Crippen LogP contribution in [0.25, 0.3) is 0 Å². The third kappa shape index (κ3) is 6.76. The summed E-state index contributed by atoms with van der Waals surface area (Å²) < 4.78 is 0. The van der Waals surface area contributed by atoms with Gasteiger partial charge in [0.15, 0.2) is 0 Å². The van der Waals surface area contributed by atoms with E-state index in [0.717, 1.165) is 58.5 Å². The maximum Gasteiger partial charge on any atom is 0.237 e. The van der Waals surface area contributed by atoms with Crippen LogP contribution in [0.3, 0.4) is 0 Å². The van der Waals surface area contributed by atoms with Gasteiger partial charge in [-0.2, -0.15) is 0 Å². The summed E-state index contributed by atoms with van der Waals surface area (Å²) in [5, 5.41) is 3.09. The van der Waals surface area contributed by atoms with Gasteiger partial charge in [0, 0.05) is 25.7 Å². The third-order valence-electron chi connectivity index (χ3n) is 4.48. The molecule has 0 radical (unpaired) electrons. The summed E-state index contributed by atoms with van der Waals surface area (Å²) in [5.74, 6) is 0.168. The molecule has 1 fully saturated rings. The molecular weight excluding hydrogens is 264 g/mol. The van der Waals surface area contributed by atoms with Crippen LogP contribution in [0.5, 0.6) is 0 Å². The topological polar surface area (TPSA) is 61.6 Å². The fourth-order valence-electron chi connectivity index (χ4n) is 2.71. The highest BCUT2D eigenvalue weighted by Crippen LogP contribution is 2.08. The predicted molar refractivity (Wildman–Crippen MR) is 88.3 cm³/mol. The van der Waals surface area contributed by atoms with Gasteiger partial charge in [-0.25, -0.2) is 0 Å². The predicted octanol–water partition coefficient (Wildman–Crippen LogP) is 1.04. The molecule has 0 aromatic heterocycles. The van der Waals surface area contributed by atoms with Gasteiger partial charge in [-0.3, -0.25) is 9.69 Å². The Hall–Kier alpha value is -0.650. The summed E-state index contributed by atoms with van der Waals surface area (Å²) in [6.07, 6.45) is 4.41. The molecule has 3 N–H and O–H groups in total. The molecule has 5 nitrogen and oxygen atoms in total. The van der Waals surface area contributed by atoms with Gasteiger partial charge in [0.25, 0.3) is 0 Å². The second-order valence-corrected chi connectivity index (χ2v) is 6.22. The van der Waals surface area contributed by atoms with Crippen molar-refractivity contribution in [1.29, 1.82) is 0 Å². The van der Waals surface area contributed by atoms with Crippen molar-refractivity contribution < 1.29 is 4.79 Å². The van der Waals surface area contributed by atoms with Crippen LogP contribution in [0, 0.1) is 0 Å². The van der Waals surface area contributed by atoms with E-state index in [2.05, 4.69) is 29.0 Å². The van der Waals surface area contributed by atoms with Crippen LogP contribution in [0.4, 0.5) is 0 Å². The average Bonchev–Trinajstić information content (AvgIpc) is 2.72. The fraction of sp³-hybridized carbons (Fsp3) is 0.938. The lowest BCUT2D eigenvalue weighted by molar-refractivity contribution is -0.126. The maximum absolute atomic E-state index is 12.2. The zero-order valence-electron chi connectivity index (χ0n) is 14.1. The van der Waals surface area contributed by atoms with Crippen LogP contribution in [0.15, 0.2) is 0 Å². The van der Waals surface area contributed by atoms with Crippen LogP contribution < -0.4 is 11.1 Å². The summed E-state index contributed by atoms with van der Waals surface area (Å²) in [5.41, 5.74) is 5.55. The van der Waals surface area contributed by atoms with E-state index < -0.39 is 0 Å². The number of unbranched alkanes of at least 4 members (excludes halogenated alkanes) is 1. The first-order valence-electron chi connectivity index (χ1n) is 8.55. The summed E-state index contributed by atoms with van der Waals surface area (Å²) >= 11 is 0. The molecule has 1 aliphatic rings. The Morgan fingerprint density at radius 1 is 1.19 bits per heavy atom. The largest absolute Gasteiger partial charge is 0.352 e. The van der Waals surface area contributed by atoms with Crippen molar-refractivity contribution in [3.63, 3.8) is 0 Å². The van der Waals surface area contributed by atoms with Gasteiger partial charge in [-0.05, 0) is 59.2 Å². The van der Waals surface area contributed by atoms with E-state index in [0.29, 0.717) is 0 Å². The summed E-state index contributed by atoms with van der Waals surface area (Å²) in [4.78, 5) is 17.1. The molecule has 0 saturated carbocycles. The zero-order valence-corrected chi connectivity index (χ0v) is 14.1. The first-order chi connectivity index (χ1) is 10.1. The Bertz CT molecular complexity index is 298. The lowest BCUT2D eigenvalue weighted by atomic mass is 10.2. The molecule has 1 aliphatic heterocycles. The number of amides is 1. The minimum atomic E-state index is -0.0250. The summed E-state index contributed by atoms with van der Waals surface area (Å²) in [6, 6.07) is 0.239. The Morgan fingerprint density at radius 3 is 2.62 bits per heavy atom. The van der Waals surface area contributed by atoms with Gasteiger partial charge < -0.3 is 16.0 Å². The highest BCUT2D eigenvalue weighted by atomic mass is 16.2. The van der Waals surface area contributed by atoms with Gasteiger partial charge in [0.2, 0.25) is 5.91 Å². The number of nitrogens with one attached hydrogen (secondary N) is 1. The van der Waals surface area contributed by atoms with Gasteiger partial charge in [0.1, 0.15) is 0 Å². The summed E-state index contributed by atoms with van der Waals surface area (Å²) in [7, 11) is 0. The molecule has 1 rings (SSSR count). The quantitative estimate of drug-likeness (QED) is 0.657. The number of nitrogens with zero attached hydrogens (tertiary/aromatic N) is 2. The Morgan fingerprint density at radius 2 is 1.95 bits per heavy atom. The van der Waals surface area contributed by atoms with E-state index in [1.54, 1.807) is 0 Å². The second-order valence-electron chi connectivity index (χ2n) is 6.22. The molecule has 21 heavy (non-hydrogen) atoms. The Balaban J connectivity index is 2.37. The lowest BCUT2D eigenvalue weighted by Gasteiger charge is -2.28. The molecule has 0 bridgehead atoms. The van der Waals surface area contributed by atoms with Crippen molar-refractivity contribution in [3.8, 4) is 0 Å². The van der Waals surface area contributed by atoms with Gasteiger partial charge in [0.05, 0.1) is 6.04 Å². The van der Waals surface area contributed by atoms with E-state index in [9.17, 15) is 4.79 Å². The molecule has 2 unspecified atom stereocenters. The third-order valence-corrected chi connectivity index (χ3v) is 4.48. The SMILES string of the molecule is CCC(C)NC(=O)C(C)N1CCCN(CCCCN)CC1. The Labute approximate surface area is 130 Å². The molecule has 5 heteroatoms. The lowest BCUT2D eigenvalue weighted by Crippen LogP contribution is -2.48. The second kappa shape index (κ2) is 10.1. The van der Waals surface area contributed by atoms with Crippen molar-refractivity contribution in [1.82, 2.24) is 15.1 Å². The van der Waals surface area contributed by atoms with Crippen LogP contribution in [-0.2, 0) is 4.79 Å². The highest BCUT2D eigenvalue weighted by Gasteiger charge is 2.24. The van der Waals surface area contributed by atoms with E-state index in [1.165, 1.54) is 6.42 Å². The number of carbonyl (C=O) groups is 1. The molecule has 0 aromatic carbocycles. The number of carbonyl (C=O) groups excluding carboxylic acids is 1. The van der Waals surface area contributed by atoms with E-state index >= 15 is 0 Å². The zero-order chi connectivity index (χ0) is 15.7. The number of hydrogen-bond acceptors (Lipinski definition) is 4. The van der Waals surface area contributed by atoms with E-state index in [4.69, 9.17) is 5.73 Å². The maximum atomic E-state index is 12.2. The molecule has 1 heterocycles.